The van der Waals surface area contributed by atoms with Crippen LogP contribution in [0.4, 0.5) is 0 Å². The largest absolute Gasteiger partial charge is 0.469 e. The maximum atomic E-state index is 11.3. The summed E-state index contributed by atoms with van der Waals surface area (Å²) < 4.78 is 4.62. The third kappa shape index (κ3) is 3.86. The maximum absolute atomic E-state index is 11.3. The van der Waals surface area contributed by atoms with Crippen LogP contribution in [0.15, 0.2) is 30.3 Å². The van der Waals surface area contributed by atoms with Crippen molar-refractivity contribution in [2.45, 2.75) is 32.3 Å². The zero-order valence-corrected chi connectivity index (χ0v) is 10.6. The molecule has 1 aromatic rings. The van der Waals surface area contributed by atoms with Gasteiger partial charge in [-0.15, -0.1) is 0 Å². The summed E-state index contributed by atoms with van der Waals surface area (Å²) in [5, 5.41) is 9.95. The van der Waals surface area contributed by atoms with Crippen LogP contribution in [0.5, 0.6) is 0 Å². The zero-order chi connectivity index (χ0) is 12.8. The molecule has 3 nitrogen and oxygen atoms in total. The van der Waals surface area contributed by atoms with Crippen LogP contribution in [0.3, 0.4) is 0 Å². The molecule has 0 spiro atoms. The standard InChI is InChI=1S/C14H20O3/c1-10(12-7-5-4-6-8-12)9-13(15)11(2)14(16)17-3/h4-8,10-11,13,15H,9H2,1-3H3. The molecule has 0 bridgehead atoms. The van der Waals surface area contributed by atoms with Gasteiger partial charge in [0.05, 0.1) is 19.1 Å². The number of carbonyl (C=O) groups is 1. The summed E-state index contributed by atoms with van der Waals surface area (Å²) in [6.07, 6.45) is -0.113. The fourth-order valence-electron chi connectivity index (χ4n) is 1.83. The summed E-state index contributed by atoms with van der Waals surface area (Å²) in [6, 6.07) is 9.97. The minimum Gasteiger partial charge on any atom is -0.469 e. The van der Waals surface area contributed by atoms with E-state index in [1.165, 1.54) is 12.7 Å². The Kier molecular flexibility index (Phi) is 5.16. The van der Waals surface area contributed by atoms with Crippen LogP contribution < -0.4 is 0 Å². The van der Waals surface area contributed by atoms with Gasteiger partial charge in [0.2, 0.25) is 0 Å². The predicted octanol–water partition coefficient (Wildman–Crippen LogP) is 2.35. The second-order valence-corrected chi connectivity index (χ2v) is 4.43. The highest BCUT2D eigenvalue weighted by molar-refractivity contribution is 5.72. The first kappa shape index (κ1) is 13.7. The summed E-state index contributed by atoms with van der Waals surface area (Å²) in [7, 11) is 1.34. The zero-order valence-electron chi connectivity index (χ0n) is 10.6. The third-order valence-electron chi connectivity index (χ3n) is 3.11. The SMILES string of the molecule is COC(=O)C(C)C(O)CC(C)c1ccccc1. The molecule has 1 aromatic carbocycles. The molecule has 0 fully saturated rings. The molecule has 0 aliphatic rings. The molecule has 0 saturated heterocycles. The minimum atomic E-state index is -0.669. The molecule has 17 heavy (non-hydrogen) atoms. The fraction of sp³-hybridized carbons (Fsp3) is 0.500. The molecule has 0 radical (unpaired) electrons. The van der Waals surface area contributed by atoms with Crippen LogP contribution in [0.25, 0.3) is 0 Å². The molecule has 0 aliphatic heterocycles. The highest BCUT2D eigenvalue weighted by Gasteiger charge is 2.24. The van der Waals surface area contributed by atoms with Crippen molar-refractivity contribution < 1.29 is 14.6 Å². The van der Waals surface area contributed by atoms with Crippen molar-refractivity contribution in [3.63, 3.8) is 0 Å². The van der Waals surface area contributed by atoms with Crippen LogP contribution in [0, 0.1) is 5.92 Å². The lowest BCUT2D eigenvalue weighted by Gasteiger charge is -2.20. The van der Waals surface area contributed by atoms with Crippen LogP contribution in [0.1, 0.15) is 31.7 Å². The molecule has 0 amide bonds. The highest BCUT2D eigenvalue weighted by Crippen LogP contribution is 2.23. The van der Waals surface area contributed by atoms with Crippen molar-refractivity contribution in [1.29, 1.82) is 0 Å². The van der Waals surface area contributed by atoms with Gasteiger partial charge in [-0.25, -0.2) is 0 Å². The first-order valence-electron chi connectivity index (χ1n) is 5.87. The van der Waals surface area contributed by atoms with E-state index in [9.17, 15) is 9.90 Å². The lowest BCUT2D eigenvalue weighted by molar-refractivity contribution is -0.148. The highest BCUT2D eigenvalue weighted by atomic mass is 16.5. The molecule has 1 N–H and O–H groups in total. The van der Waals surface area contributed by atoms with Crippen LogP contribution in [-0.2, 0) is 9.53 Å². The van der Waals surface area contributed by atoms with E-state index in [-0.39, 0.29) is 11.9 Å². The predicted molar refractivity (Wildman–Crippen MR) is 66.7 cm³/mol. The average molecular weight is 236 g/mol. The minimum absolute atomic E-state index is 0.221. The van der Waals surface area contributed by atoms with Crippen LogP contribution >= 0.6 is 0 Å². The van der Waals surface area contributed by atoms with Crippen molar-refractivity contribution >= 4 is 5.97 Å². The Labute approximate surface area is 102 Å². The van der Waals surface area contributed by atoms with Gasteiger partial charge < -0.3 is 9.84 Å². The van der Waals surface area contributed by atoms with Gasteiger partial charge in [0.15, 0.2) is 0 Å². The molecule has 3 unspecified atom stereocenters. The fourth-order valence-corrected chi connectivity index (χ4v) is 1.83. The molecule has 0 aliphatic carbocycles. The molecular weight excluding hydrogens is 216 g/mol. The van der Waals surface area contributed by atoms with Gasteiger partial charge in [0, 0.05) is 0 Å². The number of hydrogen-bond donors (Lipinski definition) is 1. The molecule has 0 heterocycles. The number of esters is 1. The average Bonchev–Trinajstić information content (AvgIpc) is 2.37. The summed E-state index contributed by atoms with van der Waals surface area (Å²) in [5.74, 6) is -0.623. The van der Waals surface area contributed by atoms with Gasteiger partial charge in [-0.3, -0.25) is 4.79 Å². The summed E-state index contributed by atoms with van der Waals surface area (Å²) in [4.78, 5) is 11.3. The van der Waals surface area contributed by atoms with E-state index in [1.54, 1.807) is 6.92 Å². The first-order chi connectivity index (χ1) is 8.06. The van der Waals surface area contributed by atoms with Gasteiger partial charge in [-0.2, -0.15) is 0 Å². The number of ether oxygens (including phenoxy) is 1. The van der Waals surface area contributed by atoms with Crippen molar-refractivity contribution in [2.24, 2.45) is 5.92 Å². The number of aliphatic hydroxyl groups excluding tert-OH is 1. The van der Waals surface area contributed by atoms with Crippen molar-refractivity contribution in [2.75, 3.05) is 7.11 Å². The molecule has 1 rings (SSSR count). The number of carbonyl (C=O) groups excluding carboxylic acids is 1. The Bertz CT molecular complexity index is 348. The molecule has 0 aromatic heterocycles. The van der Waals surface area contributed by atoms with Crippen molar-refractivity contribution in [3.8, 4) is 0 Å². The second-order valence-electron chi connectivity index (χ2n) is 4.43. The van der Waals surface area contributed by atoms with E-state index < -0.39 is 12.0 Å². The second kappa shape index (κ2) is 6.40. The smallest absolute Gasteiger partial charge is 0.311 e. The summed E-state index contributed by atoms with van der Waals surface area (Å²) in [5.41, 5.74) is 1.17. The molecule has 3 atom stereocenters. The number of hydrogen-bond acceptors (Lipinski definition) is 3. The molecule has 3 heteroatoms. The van der Waals surface area contributed by atoms with E-state index in [0.717, 1.165) is 0 Å². The monoisotopic (exact) mass is 236 g/mol. The molecule has 94 valence electrons. The van der Waals surface area contributed by atoms with Crippen LogP contribution in [0.2, 0.25) is 0 Å². The van der Waals surface area contributed by atoms with Crippen molar-refractivity contribution in [3.05, 3.63) is 35.9 Å². The van der Waals surface area contributed by atoms with Gasteiger partial charge >= 0.3 is 5.97 Å². The number of methoxy groups -OCH3 is 1. The number of aliphatic hydroxyl groups is 1. The molecular formula is C14H20O3. The quantitative estimate of drug-likeness (QED) is 0.798. The van der Waals surface area contributed by atoms with Crippen LogP contribution in [-0.4, -0.2) is 24.3 Å². The van der Waals surface area contributed by atoms with E-state index in [4.69, 9.17) is 0 Å². The van der Waals surface area contributed by atoms with E-state index in [1.807, 2.05) is 37.3 Å². The van der Waals surface area contributed by atoms with E-state index >= 15 is 0 Å². The van der Waals surface area contributed by atoms with E-state index in [0.29, 0.717) is 6.42 Å². The van der Waals surface area contributed by atoms with Gasteiger partial charge in [0.1, 0.15) is 0 Å². The first-order valence-corrected chi connectivity index (χ1v) is 5.87. The van der Waals surface area contributed by atoms with Gasteiger partial charge in [-0.1, -0.05) is 37.3 Å². The topological polar surface area (TPSA) is 46.5 Å². The Balaban J connectivity index is 2.57. The van der Waals surface area contributed by atoms with Gasteiger partial charge in [0.25, 0.3) is 0 Å². The Morgan fingerprint density at radius 3 is 2.41 bits per heavy atom. The summed E-state index contributed by atoms with van der Waals surface area (Å²) >= 11 is 0. The molecule has 0 saturated carbocycles. The maximum Gasteiger partial charge on any atom is 0.311 e. The van der Waals surface area contributed by atoms with Gasteiger partial charge in [-0.05, 0) is 24.8 Å². The van der Waals surface area contributed by atoms with E-state index in [2.05, 4.69) is 4.74 Å². The van der Waals surface area contributed by atoms with Crippen molar-refractivity contribution in [1.82, 2.24) is 0 Å². The lowest BCUT2D eigenvalue weighted by Crippen LogP contribution is -2.27. The lowest BCUT2D eigenvalue weighted by atomic mass is 9.90. The number of rotatable bonds is 5. The Morgan fingerprint density at radius 1 is 1.29 bits per heavy atom. The third-order valence-corrected chi connectivity index (χ3v) is 3.11. The number of benzene rings is 1. The summed E-state index contributed by atoms with van der Waals surface area (Å²) in [6.45, 7) is 3.73. The normalized spacial score (nSPS) is 16.0. The Hall–Kier alpha value is -1.35. The Morgan fingerprint density at radius 2 is 1.88 bits per heavy atom.